The highest BCUT2D eigenvalue weighted by molar-refractivity contribution is 5.68. The van der Waals surface area contributed by atoms with Crippen LogP contribution in [0.1, 0.15) is 53.4 Å². The van der Waals surface area contributed by atoms with Crippen molar-refractivity contribution in [3.63, 3.8) is 0 Å². The maximum Gasteiger partial charge on any atom is 0.410 e. The number of carbonyl (C=O) groups excluding carboxylic acids is 1. The first-order valence-corrected chi connectivity index (χ1v) is 8.21. The van der Waals surface area contributed by atoms with Gasteiger partial charge in [-0.2, -0.15) is 0 Å². The minimum absolute atomic E-state index is 0.188. The molecular weight excluding hydrogens is 268 g/mol. The Hall–Kier alpha value is -0.810. The molecule has 3 atom stereocenters. The SMILES string of the molecule is CC1OCCC1NC1CCCCN(C(=O)OC(C)(C)C)C1. The van der Waals surface area contributed by atoms with Crippen LogP contribution in [0, 0.1) is 0 Å². The molecule has 0 saturated carbocycles. The van der Waals surface area contributed by atoms with Crippen LogP contribution in [-0.4, -0.2) is 54.5 Å². The Labute approximate surface area is 128 Å². The Kier molecular flexibility index (Phi) is 5.49. The molecule has 2 rings (SSSR count). The van der Waals surface area contributed by atoms with Crippen LogP contribution in [0.3, 0.4) is 0 Å². The fraction of sp³-hybridized carbons (Fsp3) is 0.938. The van der Waals surface area contributed by atoms with Gasteiger partial charge in [0.1, 0.15) is 5.60 Å². The van der Waals surface area contributed by atoms with Gasteiger partial charge in [-0.25, -0.2) is 4.79 Å². The molecule has 0 aromatic carbocycles. The van der Waals surface area contributed by atoms with Crippen molar-refractivity contribution in [1.29, 1.82) is 0 Å². The van der Waals surface area contributed by atoms with Gasteiger partial charge in [0.2, 0.25) is 0 Å². The summed E-state index contributed by atoms with van der Waals surface area (Å²) in [7, 11) is 0. The van der Waals surface area contributed by atoms with Crippen molar-refractivity contribution >= 4 is 6.09 Å². The third-order valence-corrected chi connectivity index (χ3v) is 4.15. The Bertz CT molecular complexity index is 354. The van der Waals surface area contributed by atoms with Gasteiger partial charge in [-0.1, -0.05) is 6.42 Å². The topological polar surface area (TPSA) is 50.8 Å². The highest BCUT2D eigenvalue weighted by Gasteiger charge is 2.30. The van der Waals surface area contributed by atoms with E-state index in [-0.39, 0.29) is 12.2 Å². The lowest BCUT2D eigenvalue weighted by Gasteiger charge is -2.30. The lowest BCUT2D eigenvalue weighted by Crippen LogP contribution is -2.49. The number of rotatable bonds is 2. The Morgan fingerprint density at radius 2 is 2.05 bits per heavy atom. The van der Waals surface area contributed by atoms with Gasteiger partial charge >= 0.3 is 6.09 Å². The van der Waals surface area contributed by atoms with Gasteiger partial charge in [-0.15, -0.1) is 0 Å². The van der Waals surface area contributed by atoms with E-state index in [0.717, 1.165) is 45.4 Å². The van der Waals surface area contributed by atoms with Crippen LogP contribution in [0.15, 0.2) is 0 Å². The van der Waals surface area contributed by atoms with Crippen molar-refractivity contribution in [2.24, 2.45) is 0 Å². The second-order valence-electron chi connectivity index (χ2n) is 7.26. The van der Waals surface area contributed by atoms with Crippen LogP contribution >= 0.6 is 0 Å². The van der Waals surface area contributed by atoms with E-state index in [1.54, 1.807) is 0 Å². The van der Waals surface area contributed by atoms with Gasteiger partial charge in [0.15, 0.2) is 0 Å². The summed E-state index contributed by atoms with van der Waals surface area (Å²) in [5.74, 6) is 0. The fourth-order valence-corrected chi connectivity index (χ4v) is 3.02. The number of likely N-dealkylation sites (tertiary alicyclic amines) is 1. The van der Waals surface area contributed by atoms with Crippen molar-refractivity contribution in [3.05, 3.63) is 0 Å². The fourth-order valence-electron chi connectivity index (χ4n) is 3.02. The van der Waals surface area contributed by atoms with E-state index in [2.05, 4.69) is 12.2 Å². The predicted molar refractivity (Wildman–Crippen MR) is 82.4 cm³/mol. The van der Waals surface area contributed by atoms with Crippen molar-refractivity contribution in [2.75, 3.05) is 19.7 Å². The summed E-state index contributed by atoms with van der Waals surface area (Å²) in [6.07, 6.45) is 4.45. The average molecular weight is 298 g/mol. The van der Waals surface area contributed by atoms with Crippen LogP contribution in [0.25, 0.3) is 0 Å². The van der Waals surface area contributed by atoms with Crippen molar-refractivity contribution in [2.45, 2.75) is 77.2 Å². The first kappa shape index (κ1) is 16.6. The maximum atomic E-state index is 12.3. The standard InChI is InChI=1S/C16H30N2O3/c1-12-14(8-10-20-12)17-13-7-5-6-9-18(11-13)15(19)21-16(2,3)4/h12-14,17H,5-11H2,1-4H3. The van der Waals surface area contributed by atoms with E-state index >= 15 is 0 Å². The van der Waals surface area contributed by atoms with E-state index in [1.807, 2.05) is 25.7 Å². The molecule has 2 fully saturated rings. The van der Waals surface area contributed by atoms with E-state index in [1.165, 1.54) is 0 Å². The minimum Gasteiger partial charge on any atom is -0.444 e. The van der Waals surface area contributed by atoms with Crippen LogP contribution in [0.4, 0.5) is 4.79 Å². The number of nitrogens with zero attached hydrogens (tertiary/aromatic N) is 1. The Morgan fingerprint density at radius 3 is 2.67 bits per heavy atom. The molecule has 2 saturated heterocycles. The number of ether oxygens (including phenoxy) is 2. The second-order valence-corrected chi connectivity index (χ2v) is 7.26. The third-order valence-electron chi connectivity index (χ3n) is 4.15. The number of amides is 1. The molecule has 0 radical (unpaired) electrons. The Morgan fingerprint density at radius 1 is 1.29 bits per heavy atom. The molecule has 1 amide bonds. The lowest BCUT2D eigenvalue weighted by molar-refractivity contribution is 0.0239. The van der Waals surface area contributed by atoms with Crippen LogP contribution in [0.2, 0.25) is 0 Å². The van der Waals surface area contributed by atoms with Crippen molar-refractivity contribution in [3.8, 4) is 0 Å². The van der Waals surface area contributed by atoms with Gasteiger partial charge < -0.3 is 19.7 Å². The highest BCUT2D eigenvalue weighted by Crippen LogP contribution is 2.19. The normalized spacial score (nSPS) is 31.0. The summed E-state index contributed by atoms with van der Waals surface area (Å²) in [4.78, 5) is 14.1. The molecule has 0 bridgehead atoms. The largest absolute Gasteiger partial charge is 0.444 e. The van der Waals surface area contributed by atoms with Gasteiger partial charge in [0, 0.05) is 31.8 Å². The van der Waals surface area contributed by atoms with Crippen LogP contribution < -0.4 is 5.32 Å². The van der Waals surface area contributed by atoms with Crippen LogP contribution in [0.5, 0.6) is 0 Å². The molecule has 21 heavy (non-hydrogen) atoms. The second kappa shape index (κ2) is 6.97. The van der Waals surface area contributed by atoms with E-state index in [9.17, 15) is 4.79 Å². The summed E-state index contributed by atoms with van der Waals surface area (Å²) < 4.78 is 11.1. The molecule has 2 aliphatic rings. The molecule has 0 aliphatic carbocycles. The Balaban J connectivity index is 1.90. The number of hydrogen-bond donors (Lipinski definition) is 1. The monoisotopic (exact) mass is 298 g/mol. The van der Waals surface area contributed by atoms with Gasteiger partial charge in [-0.3, -0.25) is 0 Å². The molecule has 2 aliphatic heterocycles. The first-order valence-electron chi connectivity index (χ1n) is 8.21. The van der Waals surface area contributed by atoms with Crippen molar-refractivity contribution in [1.82, 2.24) is 10.2 Å². The van der Waals surface area contributed by atoms with Gasteiger partial charge in [-0.05, 0) is 47.0 Å². The highest BCUT2D eigenvalue weighted by atomic mass is 16.6. The number of hydrogen-bond acceptors (Lipinski definition) is 4. The number of nitrogens with one attached hydrogen (secondary N) is 1. The molecule has 0 aromatic rings. The molecule has 0 spiro atoms. The van der Waals surface area contributed by atoms with Crippen molar-refractivity contribution < 1.29 is 14.3 Å². The smallest absolute Gasteiger partial charge is 0.410 e. The first-order chi connectivity index (χ1) is 9.85. The predicted octanol–water partition coefficient (Wildman–Crippen LogP) is 2.54. The van der Waals surface area contributed by atoms with E-state index < -0.39 is 5.60 Å². The molecule has 5 nitrogen and oxygen atoms in total. The zero-order chi connectivity index (χ0) is 15.5. The zero-order valence-electron chi connectivity index (χ0n) is 13.9. The molecule has 3 unspecified atom stereocenters. The third kappa shape index (κ3) is 5.15. The minimum atomic E-state index is -0.430. The summed E-state index contributed by atoms with van der Waals surface area (Å²) in [5, 5.41) is 3.68. The molecular formula is C16H30N2O3. The molecule has 5 heteroatoms. The molecule has 1 N–H and O–H groups in total. The maximum absolute atomic E-state index is 12.3. The quantitative estimate of drug-likeness (QED) is 0.851. The zero-order valence-corrected chi connectivity index (χ0v) is 13.9. The summed E-state index contributed by atoms with van der Waals surface area (Å²) in [6, 6.07) is 0.753. The van der Waals surface area contributed by atoms with Gasteiger partial charge in [0.05, 0.1) is 6.10 Å². The molecule has 2 heterocycles. The number of carbonyl (C=O) groups is 1. The summed E-state index contributed by atoms with van der Waals surface area (Å²) in [6.45, 7) is 10.2. The summed E-state index contributed by atoms with van der Waals surface area (Å²) in [5.41, 5.74) is -0.430. The lowest BCUT2D eigenvalue weighted by atomic mass is 10.1. The van der Waals surface area contributed by atoms with Crippen LogP contribution in [-0.2, 0) is 9.47 Å². The van der Waals surface area contributed by atoms with Gasteiger partial charge in [0.25, 0.3) is 0 Å². The summed E-state index contributed by atoms with van der Waals surface area (Å²) >= 11 is 0. The molecule has 0 aromatic heterocycles. The van der Waals surface area contributed by atoms with E-state index in [4.69, 9.17) is 9.47 Å². The molecule has 122 valence electrons. The van der Waals surface area contributed by atoms with E-state index in [0.29, 0.717) is 12.1 Å². The average Bonchev–Trinajstić information content (AvgIpc) is 2.63.